The van der Waals surface area contributed by atoms with Gasteiger partial charge in [-0.25, -0.2) is 4.39 Å². The van der Waals surface area contributed by atoms with E-state index in [-0.39, 0.29) is 23.8 Å². The van der Waals surface area contributed by atoms with Gasteiger partial charge in [0.15, 0.2) is 0 Å². The van der Waals surface area contributed by atoms with Crippen LogP contribution in [0, 0.1) is 5.82 Å². The van der Waals surface area contributed by atoms with Gasteiger partial charge in [-0.3, -0.25) is 9.69 Å². The highest BCUT2D eigenvalue weighted by Crippen LogP contribution is 2.18. The quantitative estimate of drug-likeness (QED) is 0.805. The maximum Gasteiger partial charge on any atom is 0.238 e. The van der Waals surface area contributed by atoms with E-state index in [1.165, 1.54) is 12.1 Å². The first kappa shape index (κ1) is 16.6. The highest BCUT2D eigenvalue weighted by molar-refractivity contribution is 5.92. The predicted molar refractivity (Wildman–Crippen MR) is 80.0 cm³/mol. The lowest BCUT2D eigenvalue weighted by atomic mass is 9.96. The summed E-state index contributed by atoms with van der Waals surface area (Å²) < 4.78 is 13.1. The molecule has 112 valence electrons. The van der Waals surface area contributed by atoms with Crippen molar-refractivity contribution in [2.45, 2.75) is 32.7 Å². The molecular formula is C15H24FN3O. The Morgan fingerprint density at radius 1 is 1.45 bits per heavy atom. The molecule has 1 atom stereocenters. The lowest BCUT2D eigenvalue weighted by Gasteiger charge is -2.39. The van der Waals surface area contributed by atoms with Crippen molar-refractivity contribution in [3.63, 3.8) is 0 Å². The van der Waals surface area contributed by atoms with Crippen molar-refractivity contribution in [1.82, 2.24) is 4.90 Å². The van der Waals surface area contributed by atoms with Gasteiger partial charge < -0.3 is 11.1 Å². The molecule has 0 fully saturated rings. The Balaban J connectivity index is 2.68. The number of carbonyl (C=O) groups is 1. The summed E-state index contributed by atoms with van der Waals surface area (Å²) in [5.41, 5.74) is 6.09. The van der Waals surface area contributed by atoms with Gasteiger partial charge in [0.1, 0.15) is 5.82 Å². The fraction of sp³-hybridized carbons (Fsp3) is 0.533. The second kappa shape index (κ2) is 7.36. The molecule has 5 heteroatoms. The fourth-order valence-corrected chi connectivity index (χ4v) is 2.12. The molecule has 1 aromatic carbocycles. The molecule has 0 radical (unpaired) electrons. The number of nitrogens with one attached hydrogen (secondary N) is 1. The number of nitrogens with two attached hydrogens (primary N) is 1. The van der Waals surface area contributed by atoms with E-state index in [4.69, 9.17) is 5.73 Å². The van der Waals surface area contributed by atoms with Crippen molar-refractivity contribution in [3.05, 3.63) is 30.1 Å². The zero-order valence-corrected chi connectivity index (χ0v) is 12.4. The van der Waals surface area contributed by atoms with Gasteiger partial charge in [0.05, 0.1) is 6.54 Å². The first-order valence-corrected chi connectivity index (χ1v) is 6.95. The average molecular weight is 281 g/mol. The van der Waals surface area contributed by atoms with Gasteiger partial charge in [-0.1, -0.05) is 19.9 Å². The molecule has 0 aromatic heterocycles. The van der Waals surface area contributed by atoms with Gasteiger partial charge in [-0.05, 0) is 38.1 Å². The van der Waals surface area contributed by atoms with E-state index in [1.807, 2.05) is 18.7 Å². The van der Waals surface area contributed by atoms with E-state index in [0.717, 1.165) is 13.0 Å². The van der Waals surface area contributed by atoms with E-state index in [9.17, 15) is 9.18 Å². The van der Waals surface area contributed by atoms with Gasteiger partial charge >= 0.3 is 0 Å². The largest absolute Gasteiger partial charge is 0.329 e. The number of hydrogen-bond donors (Lipinski definition) is 2. The number of amides is 1. The smallest absolute Gasteiger partial charge is 0.238 e. The van der Waals surface area contributed by atoms with E-state index in [0.29, 0.717) is 12.2 Å². The van der Waals surface area contributed by atoms with Crippen molar-refractivity contribution in [1.29, 1.82) is 0 Å². The summed E-state index contributed by atoms with van der Waals surface area (Å²) in [6.07, 6.45) is 0.866. The molecule has 4 nitrogen and oxygen atoms in total. The summed E-state index contributed by atoms with van der Waals surface area (Å²) in [7, 11) is 0. The third-order valence-electron chi connectivity index (χ3n) is 3.79. The van der Waals surface area contributed by atoms with E-state index >= 15 is 0 Å². The number of anilines is 1. The molecule has 3 N–H and O–H groups in total. The molecular weight excluding hydrogens is 257 g/mol. The van der Waals surface area contributed by atoms with Gasteiger partial charge in [-0.15, -0.1) is 0 Å². The van der Waals surface area contributed by atoms with Crippen LogP contribution in [0.4, 0.5) is 10.1 Å². The number of benzene rings is 1. The number of likely N-dealkylation sites (N-methyl/N-ethyl adjacent to an activating group) is 1. The van der Waals surface area contributed by atoms with Crippen molar-refractivity contribution in [3.8, 4) is 0 Å². The zero-order chi connectivity index (χ0) is 15.2. The summed E-state index contributed by atoms with van der Waals surface area (Å²) in [4.78, 5) is 14.1. The third-order valence-corrected chi connectivity index (χ3v) is 3.79. The molecule has 0 aliphatic heterocycles. The summed E-state index contributed by atoms with van der Waals surface area (Å²) in [5, 5.41) is 2.71. The maximum absolute atomic E-state index is 13.1. The molecule has 1 unspecified atom stereocenters. The third kappa shape index (κ3) is 4.28. The summed E-state index contributed by atoms with van der Waals surface area (Å²) >= 11 is 0. The first-order chi connectivity index (χ1) is 9.45. The molecule has 0 heterocycles. The molecule has 1 amide bonds. The number of rotatable bonds is 7. The van der Waals surface area contributed by atoms with Crippen LogP contribution in [-0.4, -0.2) is 36.0 Å². The molecule has 0 bridgehead atoms. The van der Waals surface area contributed by atoms with Gasteiger partial charge in [0.2, 0.25) is 5.91 Å². The predicted octanol–water partition coefficient (Wildman–Crippen LogP) is 2.21. The van der Waals surface area contributed by atoms with Crippen LogP contribution in [0.25, 0.3) is 0 Å². The molecule has 1 rings (SSSR count). The van der Waals surface area contributed by atoms with Gasteiger partial charge in [-0.2, -0.15) is 0 Å². The second-order valence-electron chi connectivity index (χ2n) is 5.13. The molecule has 0 saturated carbocycles. The Morgan fingerprint density at radius 3 is 2.65 bits per heavy atom. The minimum absolute atomic E-state index is 0.162. The minimum atomic E-state index is -0.365. The summed E-state index contributed by atoms with van der Waals surface area (Å²) in [6, 6.07) is 5.88. The average Bonchev–Trinajstić information content (AvgIpc) is 2.44. The summed E-state index contributed by atoms with van der Waals surface area (Å²) in [5.74, 6) is -0.527. The molecule has 0 aliphatic carbocycles. The Hall–Kier alpha value is -1.46. The van der Waals surface area contributed by atoms with E-state index in [1.54, 1.807) is 12.1 Å². The molecule has 0 aliphatic rings. The number of halogens is 1. The number of carbonyl (C=O) groups excluding carboxylic acids is 1. The Bertz CT molecular complexity index is 446. The van der Waals surface area contributed by atoms with Crippen LogP contribution < -0.4 is 11.1 Å². The van der Waals surface area contributed by atoms with Crippen LogP contribution >= 0.6 is 0 Å². The molecule has 0 spiro atoms. The Labute approximate surface area is 120 Å². The second-order valence-corrected chi connectivity index (χ2v) is 5.13. The fourth-order valence-electron chi connectivity index (χ4n) is 2.12. The van der Waals surface area contributed by atoms with Crippen molar-refractivity contribution < 1.29 is 9.18 Å². The highest BCUT2D eigenvalue weighted by atomic mass is 19.1. The minimum Gasteiger partial charge on any atom is -0.329 e. The Kier molecular flexibility index (Phi) is 6.10. The SMILES string of the molecule is CCN(CC(=O)Nc1cccc(F)c1)C(C)(CC)CN. The highest BCUT2D eigenvalue weighted by Gasteiger charge is 2.28. The van der Waals surface area contributed by atoms with Crippen molar-refractivity contribution in [2.75, 3.05) is 25.0 Å². The zero-order valence-electron chi connectivity index (χ0n) is 12.4. The van der Waals surface area contributed by atoms with E-state index in [2.05, 4.69) is 12.2 Å². The van der Waals surface area contributed by atoms with E-state index < -0.39 is 0 Å². The van der Waals surface area contributed by atoms with Crippen LogP contribution in [0.1, 0.15) is 27.2 Å². The molecule has 0 saturated heterocycles. The number of hydrogen-bond acceptors (Lipinski definition) is 3. The van der Waals surface area contributed by atoms with Crippen molar-refractivity contribution >= 4 is 11.6 Å². The van der Waals surface area contributed by atoms with Gasteiger partial charge in [0.25, 0.3) is 0 Å². The van der Waals surface area contributed by atoms with Crippen LogP contribution in [0.5, 0.6) is 0 Å². The lowest BCUT2D eigenvalue weighted by Crippen LogP contribution is -2.53. The van der Waals surface area contributed by atoms with Crippen LogP contribution in [0.2, 0.25) is 0 Å². The van der Waals surface area contributed by atoms with Crippen LogP contribution in [0.15, 0.2) is 24.3 Å². The number of nitrogens with zero attached hydrogens (tertiary/aromatic N) is 1. The lowest BCUT2D eigenvalue weighted by molar-refractivity contribution is -0.118. The summed E-state index contributed by atoms with van der Waals surface area (Å²) in [6.45, 7) is 7.57. The topological polar surface area (TPSA) is 58.4 Å². The van der Waals surface area contributed by atoms with Crippen LogP contribution in [-0.2, 0) is 4.79 Å². The molecule has 20 heavy (non-hydrogen) atoms. The normalized spacial score (nSPS) is 14.1. The van der Waals surface area contributed by atoms with Gasteiger partial charge in [0, 0.05) is 17.8 Å². The standard InChI is InChI=1S/C15H24FN3O/c1-4-15(3,11-17)19(5-2)10-14(20)18-13-8-6-7-12(16)9-13/h6-9H,4-5,10-11,17H2,1-3H3,(H,18,20). The first-order valence-electron chi connectivity index (χ1n) is 6.95. The maximum atomic E-state index is 13.1. The molecule has 1 aromatic rings. The van der Waals surface area contributed by atoms with Crippen molar-refractivity contribution in [2.24, 2.45) is 5.73 Å². The monoisotopic (exact) mass is 281 g/mol. The van der Waals surface area contributed by atoms with Crippen LogP contribution in [0.3, 0.4) is 0 Å². The Morgan fingerprint density at radius 2 is 2.15 bits per heavy atom.